The van der Waals surface area contributed by atoms with Gasteiger partial charge in [0.2, 0.25) is 0 Å². The van der Waals surface area contributed by atoms with Crippen LogP contribution in [-0.2, 0) is 17.9 Å². The summed E-state index contributed by atoms with van der Waals surface area (Å²) in [6.45, 7) is 2.71. The molecule has 2 amide bonds. The van der Waals surface area contributed by atoms with E-state index in [1.807, 2.05) is 37.3 Å². The zero-order valence-electron chi connectivity index (χ0n) is 18.5. The molecule has 1 N–H and O–H groups in total. The molecule has 1 atom stereocenters. The molecule has 3 aromatic rings. The summed E-state index contributed by atoms with van der Waals surface area (Å²) in [5.41, 5.74) is 2.78. The van der Waals surface area contributed by atoms with Crippen molar-refractivity contribution in [2.75, 3.05) is 12.4 Å². The van der Waals surface area contributed by atoms with E-state index in [-0.39, 0.29) is 11.8 Å². The van der Waals surface area contributed by atoms with Crippen LogP contribution in [0.25, 0.3) is 0 Å². The lowest BCUT2D eigenvalue weighted by Crippen LogP contribution is -2.38. The fourth-order valence-electron chi connectivity index (χ4n) is 3.81. The summed E-state index contributed by atoms with van der Waals surface area (Å²) in [5, 5.41) is 3.27. The van der Waals surface area contributed by atoms with Crippen LogP contribution in [0.3, 0.4) is 0 Å². The molecule has 0 aliphatic carbocycles. The number of ether oxygens (including phenoxy) is 2. The first kappa shape index (κ1) is 22.7. The number of carbonyl (C=O) groups is 2. The fraction of sp³-hybridized carbons (Fsp3) is 0.231. The minimum Gasteiger partial charge on any atom is -0.497 e. The number of carbonyl (C=O) groups excluding carboxylic acids is 2. The molecule has 3 aromatic carbocycles. The van der Waals surface area contributed by atoms with Crippen molar-refractivity contribution in [3.05, 3.63) is 88.4 Å². The molecule has 170 valence electrons. The first-order chi connectivity index (χ1) is 16.0. The van der Waals surface area contributed by atoms with E-state index in [2.05, 4.69) is 5.32 Å². The summed E-state index contributed by atoms with van der Waals surface area (Å²) >= 11 is 6.15. The van der Waals surface area contributed by atoms with Crippen molar-refractivity contribution < 1.29 is 19.1 Å². The first-order valence-electron chi connectivity index (χ1n) is 10.8. The molecule has 0 radical (unpaired) electrons. The number of nitrogens with one attached hydrogen (secondary N) is 1. The van der Waals surface area contributed by atoms with E-state index in [4.69, 9.17) is 21.1 Å². The monoisotopic (exact) mass is 464 g/mol. The number of amides is 2. The molecule has 0 fully saturated rings. The Labute approximate surface area is 198 Å². The zero-order valence-corrected chi connectivity index (χ0v) is 19.3. The molecule has 0 saturated heterocycles. The third kappa shape index (κ3) is 5.12. The topological polar surface area (TPSA) is 67.9 Å². The van der Waals surface area contributed by atoms with Crippen LogP contribution in [0.5, 0.6) is 11.5 Å². The van der Waals surface area contributed by atoms with Crippen LogP contribution in [0, 0.1) is 0 Å². The summed E-state index contributed by atoms with van der Waals surface area (Å²) in [6, 6.07) is 19.9. The van der Waals surface area contributed by atoms with Gasteiger partial charge in [0.15, 0.2) is 6.10 Å². The van der Waals surface area contributed by atoms with E-state index in [0.717, 1.165) is 16.9 Å². The van der Waals surface area contributed by atoms with Gasteiger partial charge in [0.1, 0.15) is 11.5 Å². The summed E-state index contributed by atoms with van der Waals surface area (Å²) < 4.78 is 11.4. The van der Waals surface area contributed by atoms with Gasteiger partial charge in [-0.05, 0) is 54.4 Å². The molecule has 1 aliphatic heterocycles. The molecule has 0 bridgehead atoms. The van der Waals surface area contributed by atoms with Gasteiger partial charge in [-0.3, -0.25) is 9.59 Å². The van der Waals surface area contributed by atoms with Crippen molar-refractivity contribution in [1.29, 1.82) is 0 Å². The van der Waals surface area contributed by atoms with Crippen LogP contribution in [-0.4, -0.2) is 29.9 Å². The zero-order chi connectivity index (χ0) is 23.4. The van der Waals surface area contributed by atoms with Crippen molar-refractivity contribution in [3.63, 3.8) is 0 Å². The molecule has 0 unspecified atom stereocenters. The molecule has 33 heavy (non-hydrogen) atoms. The molecule has 0 aromatic heterocycles. The Morgan fingerprint density at radius 3 is 2.73 bits per heavy atom. The van der Waals surface area contributed by atoms with Crippen LogP contribution in [0.15, 0.2) is 66.7 Å². The Kier molecular flexibility index (Phi) is 6.84. The highest BCUT2D eigenvalue weighted by Crippen LogP contribution is 2.31. The smallest absolute Gasteiger partial charge is 0.264 e. The second-order valence-corrected chi connectivity index (χ2v) is 8.22. The maximum atomic E-state index is 13.2. The number of rotatable bonds is 6. The largest absolute Gasteiger partial charge is 0.497 e. The lowest BCUT2D eigenvalue weighted by molar-refractivity contribution is -0.139. The molecule has 0 saturated carbocycles. The summed E-state index contributed by atoms with van der Waals surface area (Å²) in [4.78, 5) is 27.6. The van der Waals surface area contributed by atoms with E-state index >= 15 is 0 Å². The van der Waals surface area contributed by atoms with E-state index < -0.39 is 6.10 Å². The Balaban J connectivity index is 1.60. The van der Waals surface area contributed by atoms with Crippen LogP contribution in [0.4, 0.5) is 5.69 Å². The molecule has 7 heteroatoms. The number of halogens is 1. The summed E-state index contributed by atoms with van der Waals surface area (Å²) in [6.07, 6.45) is -0.0156. The second-order valence-electron chi connectivity index (χ2n) is 7.82. The number of hydrogen-bond donors (Lipinski definition) is 1. The SMILES string of the molecule is CC[C@@H]1Oc2ccc(NC(=O)c3ccccc3Cl)cc2CN(Cc2cccc(OC)c2)C1=O. The molecule has 0 spiro atoms. The predicted octanol–water partition coefficient (Wildman–Crippen LogP) is 5.30. The molecule has 4 rings (SSSR count). The van der Waals surface area contributed by atoms with Gasteiger partial charge in [-0.1, -0.05) is 42.8 Å². The summed E-state index contributed by atoms with van der Waals surface area (Å²) in [5.74, 6) is 1.01. The molecule has 6 nitrogen and oxygen atoms in total. The minimum atomic E-state index is -0.569. The second kappa shape index (κ2) is 9.96. The van der Waals surface area contributed by atoms with Crippen LogP contribution < -0.4 is 14.8 Å². The maximum absolute atomic E-state index is 13.2. The predicted molar refractivity (Wildman–Crippen MR) is 128 cm³/mol. The Morgan fingerprint density at radius 1 is 1.15 bits per heavy atom. The average Bonchev–Trinajstić information content (AvgIpc) is 2.95. The van der Waals surface area contributed by atoms with E-state index in [1.54, 1.807) is 48.4 Å². The van der Waals surface area contributed by atoms with Crippen LogP contribution in [0.1, 0.15) is 34.8 Å². The number of fused-ring (bicyclic) bond motifs is 1. The third-order valence-electron chi connectivity index (χ3n) is 5.53. The van der Waals surface area contributed by atoms with E-state index in [1.165, 1.54) is 0 Å². The minimum absolute atomic E-state index is 0.0711. The van der Waals surface area contributed by atoms with Gasteiger partial charge in [-0.2, -0.15) is 0 Å². The lowest BCUT2D eigenvalue weighted by atomic mass is 10.1. The molecular formula is C26H25ClN2O4. The van der Waals surface area contributed by atoms with Gasteiger partial charge >= 0.3 is 0 Å². The van der Waals surface area contributed by atoms with Crippen molar-refractivity contribution in [1.82, 2.24) is 4.90 Å². The van der Waals surface area contributed by atoms with Gasteiger partial charge in [0, 0.05) is 24.3 Å². The maximum Gasteiger partial charge on any atom is 0.264 e. The molecular weight excluding hydrogens is 440 g/mol. The van der Waals surface area contributed by atoms with Crippen LogP contribution >= 0.6 is 11.6 Å². The van der Waals surface area contributed by atoms with Gasteiger partial charge in [-0.15, -0.1) is 0 Å². The highest BCUT2D eigenvalue weighted by atomic mass is 35.5. The number of nitrogens with zero attached hydrogens (tertiary/aromatic N) is 1. The number of methoxy groups -OCH3 is 1. The highest BCUT2D eigenvalue weighted by Gasteiger charge is 2.30. The number of hydrogen-bond acceptors (Lipinski definition) is 4. The van der Waals surface area contributed by atoms with Crippen LogP contribution in [0.2, 0.25) is 5.02 Å². The van der Waals surface area contributed by atoms with E-state index in [0.29, 0.717) is 41.5 Å². The first-order valence-corrected chi connectivity index (χ1v) is 11.1. The Bertz CT molecular complexity index is 1180. The number of benzene rings is 3. The third-order valence-corrected chi connectivity index (χ3v) is 5.86. The van der Waals surface area contributed by atoms with Crippen molar-refractivity contribution in [2.45, 2.75) is 32.5 Å². The molecule has 1 heterocycles. The normalized spacial score (nSPS) is 15.3. The van der Waals surface area contributed by atoms with E-state index in [9.17, 15) is 9.59 Å². The van der Waals surface area contributed by atoms with Gasteiger partial charge in [0.05, 0.1) is 17.7 Å². The van der Waals surface area contributed by atoms with Crippen molar-refractivity contribution in [3.8, 4) is 11.5 Å². The van der Waals surface area contributed by atoms with Gasteiger partial charge in [-0.25, -0.2) is 0 Å². The highest BCUT2D eigenvalue weighted by molar-refractivity contribution is 6.34. The summed E-state index contributed by atoms with van der Waals surface area (Å²) in [7, 11) is 1.62. The number of anilines is 1. The lowest BCUT2D eigenvalue weighted by Gasteiger charge is -2.23. The Morgan fingerprint density at radius 2 is 1.97 bits per heavy atom. The molecule has 1 aliphatic rings. The average molecular weight is 465 g/mol. The standard InChI is InChI=1S/C26H25ClN2O4/c1-3-23-26(31)29(15-17-7-6-8-20(13-17)32-2)16-18-14-19(11-12-24(18)33-23)28-25(30)21-9-4-5-10-22(21)27/h4-14,23H,3,15-16H2,1-2H3,(H,28,30)/t23-/m0/s1. The van der Waals surface area contributed by atoms with Crippen molar-refractivity contribution >= 4 is 29.1 Å². The quantitative estimate of drug-likeness (QED) is 0.537. The van der Waals surface area contributed by atoms with Gasteiger partial charge < -0.3 is 19.7 Å². The Hall–Kier alpha value is -3.51. The van der Waals surface area contributed by atoms with Crippen molar-refractivity contribution in [2.24, 2.45) is 0 Å². The fourth-order valence-corrected chi connectivity index (χ4v) is 4.03. The van der Waals surface area contributed by atoms with Gasteiger partial charge in [0.25, 0.3) is 11.8 Å².